The van der Waals surface area contributed by atoms with Crippen molar-refractivity contribution in [2.45, 2.75) is 0 Å². The minimum atomic E-state index is 0.907. The molecule has 10 rings (SSSR count). The number of hydrogen-bond acceptors (Lipinski definition) is 3. The zero-order chi connectivity index (χ0) is 36.6. The molecule has 0 saturated heterocycles. The van der Waals surface area contributed by atoms with Crippen LogP contribution in [0.25, 0.3) is 66.1 Å². The molecular formula is C52H36N2O. The van der Waals surface area contributed by atoms with Crippen molar-refractivity contribution in [3.63, 3.8) is 0 Å². The van der Waals surface area contributed by atoms with E-state index in [1.54, 1.807) is 0 Å². The number of rotatable bonds is 8. The highest BCUT2D eigenvalue weighted by Crippen LogP contribution is 2.42. The van der Waals surface area contributed by atoms with Crippen LogP contribution >= 0.6 is 0 Å². The van der Waals surface area contributed by atoms with E-state index < -0.39 is 0 Å². The molecule has 260 valence electrons. The van der Waals surface area contributed by atoms with Gasteiger partial charge in [0.05, 0.1) is 5.69 Å². The third-order valence-corrected chi connectivity index (χ3v) is 10.5. The number of anilines is 5. The fourth-order valence-electron chi connectivity index (χ4n) is 7.76. The second kappa shape index (κ2) is 13.9. The molecule has 0 spiro atoms. The summed E-state index contributed by atoms with van der Waals surface area (Å²) in [7, 11) is 0. The van der Waals surface area contributed by atoms with Crippen LogP contribution in [0.3, 0.4) is 0 Å². The first-order valence-corrected chi connectivity index (χ1v) is 18.7. The van der Waals surface area contributed by atoms with Gasteiger partial charge in [-0.2, -0.15) is 0 Å². The van der Waals surface area contributed by atoms with Crippen molar-refractivity contribution in [1.29, 1.82) is 0 Å². The summed E-state index contributed by atoms with van der Waals surface area (Å²) >= 11 is 0. The summed E-state index contributed by atoms with van der Waals surface area (Å²) in [5.41, 5.74) is 14.1. The van der Waals surface area contributed by atoms with Gasteiger partial charge < -0.3 is 14.6 Å². The summed E-state index contributed by atoms with van der Waals surface area (Å²) in [6, 6.07) is 75.1. The summed E-state index contributed by atoms with van der Waals surface area (Å²) in [5.74, 6) is 0. The average Bonchev–Trinajstić information content (AvgIpc) is 3.64. The predicted octanol–water partition coefficient (Wildman–Crippen LogP) is 15.0. The monoisotopic (exact) mass is 704 g/mol. The van der Waals surface area contributed by atoms with Crippen molar-refractivity contribution in [2.24, 2.45) is 0 Å². The Hall–Kier alpha value is -7.36. The molecule has 9 aromatic carbocycles. The van der Waals surface area contributed by atoms with Crippen molar-refractivity contribution >= 4 is 61.1 Å². The summed E-state index contributed by atoms with van der Waals surface area (Å²) in [5, 5.41) is 8.31. The van der Waals surface area contributed by atoms with Gasteiger partial charge in [0.1, 0.15) is 11.2 Å². The molecule has 55 heavy (non-hydrogen) atoms. The molecule has 3 nitrogen and oxygen atoms in total. The van der Waals surface area contributed by atoms with Gasteiger partial charge in [-0.25, -0.2) is 0 Å². The number of hydrogen-bond donors (Lipinski definition) is 1. The molecule has 0 radical (unpaired) electrons. The average molecular weight is 705 g/mol. The lowest BCUT2D eigenvalue weighted by Crippen LogP contribution is -2.10. The van der Waals surface area contributed by atoms with E-state index in [0.29, 0.717) is 0 Å². The van der Waals surface area contributed by atoms with Gasteiger partial charge in [-0.3, -0.25) is 0 Å². The van der Waals surface area contributed by atoms with Crippen LogP contribution in [-0.4, -0.2) is 0 Å². The van der Waals surface area contributed by atoms with Crippen LogP contribution < -0.4 is 10.2 Å². The molecule has 0 atom stereocenters. The number of para-hydroxylation sites is 3. The second-order valence-electron chi connectivity index (χ2n) is 13.8. The lowest BCUT2D eigenvalue weighted by Gasteiger charge is -2.27. The van der Waals surface area contributed by atoms with Crippen LogP contribution in [0.5, 0.6) is 0 Å². The Bertz CT molecular complexity index is 2920. The van der Waals surface area contributed by atoms with Crippen molar-refractivity contribution in [1.82, 2.24) is 0 Å². The van der Waals surface area contributed by atoms with Gasteiger partial charge in [0.25, 0.3) is 0 Å². The smallest absolute Gasteiger partial charge is 0.143 e. The normalized spacial score (nSPS) is 11.3. The molecule has 0 aliphatic heterocycles. The number of furan rings is 1. The lowest BCUT2D eigenvalue weighted by atomic mass is 10.0. The topological polar surface area (TPSA) is 28.4 Å². The summed E-state index contributed by atoms with van der Waals surface area (Å²) < 4.78 is 6.39. The molecule has 0 amide bonds. The second-order valence-corrected chi connectivity index (χ2v) is 13.8. The van der Waals surface area contributed by atoms with Gasteiger partial charge in [-0.05, 0) is 82.2 Å². The van der Waals surface area contributed by atoms with Crippen LogP contribution in [0.4, 0.5) is 28.4 Å². The Morgan fingerprint density at radius 2 is 0.909 bits per heavy atom. The van der Waals surface area contributed by atoms with E-state index in [9.17, 15) is 0 Å². The number of benzene rings is 9. The highest BCUT2D eigenvalue weighted by molar-refractivity contribution is 6.09. The van der Waals surface area contributed by atoms with Crippen LogP contribution in [0.2, 0.25) is 0 Å². The lowest BCUT2D eigenvalue weighted by molar-refractivity contribution is 0.670. The Balaban J connectivity index is 0.976. The molecule has 0 unspecified atom stereocenters. The zero-order valence-corrected chi connectivity index (χ0v) is 30.1. The van der Waals surface area contributed by atoms with Gasteiger partial charge in [-0.15, -0.1) is 0 Å². The molecule has 0 aliphatic rings. The summed E-state index contributed by atoms with van der Waals surface area (Å²) in [6.45, 7) is 0. The van der Waals surface area contributed by atoms with E-state index in [1.807, 2.05) is 12.1 Å². The molecule has 3 heteroatoms. The molecule has 1 heterocycles. The van der Waals surface area contributed by atoms with Gasteiger partial charge in [0.15, 0.2) is 0 Å². The van der Waals surface area contributed by atoms with Crippen molar-refractivity contribution in [2.75, 3.05) is 10.2 Å². The Labute approximate surface area is 320 Å². The van der Waals surface area contributed by atoms with Crippen LogP contribution in [0.15, 0.2) is 217 Å². The number of nitrogens with one attached hydrogen (secondary N) is 1. The minimum Gasteiger partial charge on any atom is -0.455 e. The number of nitrogens with zero attached hydrogens (tertiary/aromatic N) is 1. The molecule has 0 saturated carbocycles. The first-order chi connectivity index (χ1) is 27.3. The predicted molar refractivity (Wildman–Crippen MR) is 232 cm³/mol. The van der Waals surface area contributed by atoms with E-state index in [4.69, 9.17) is 4.42 Å². The minimum absolute atomic E-state index is 0.907. The molecule has 10 aromatic rings. The fraction of sp³-hybridized carbons (Fsp3) is 0. The molecule has 0 aliphatic carbocycles. The highest BCUT2D eigenvalue weighted by Gasteiger charge is 2.17. The highest BCUT2D eigenvalue weighted by atomic mass is 16.3. The Kier molecular flexibility index (Phi) is 8.16. The van der Waals surface area contributed by atoms with E-state index in [-0.39, 0.29) is 0 Å². The van der Waals surface area contributed by atoms with Gasteiger partial charge in [0, 0.05) is 50.0 Å². The maximum absolute atomic E-state index is 6.39. The summed E-state index contributed by atoms with van der Waals surface area (Å²) in [4.78, 5) is 2.36. The van der Waals surface area contributed by atoms with E-state index >= 15 is 0 Å². The molecular weight excluding hydrogens is 669 g/mol. The van der Waals surface area contributed by atoms with Crippen molar-refractivity contribution < 1.29 is 4.42 Å². The maximum atomic E-state index is 6.39. The zero-order valence-electron chi connectivity index (χ0n) is 30.1. The SMILES string of the molecule is c1ccc(-c2ccccc2Nc2ccc(-c3ccc(N(c4ccc(-c5cccc6c5oc5ccccc56)cc4)c4cccc5ccccc45)cc3)cc2)cc1. The first kappa shape index (κ1) is 32.3. The number of fused-ring (bicyclic) bond motifs is 4. The van der Waals surface area contributed by atoms with Gasteiger partial charge in [0.2, 0.25) is 0 Å². The Morgan fingerprint density at radius 1 is 0.364 bits per heavy atom. The van der Waals surface area contributed by atoms with Crippen molar-refractivity contribution in [3.05, 3.63) is 212 Å². The summed E-state index contributed by atoms with van der Waals surface area (Å²) in [6.07, 6.45) is 0. The fourth-order valence-corrected chi connectivity index (χ4v) is 7.76. The van der Waals surface area contributed by atoms with Crippen LogP contribution in [-0.2, 0) is 0 Å². The van der Waals surface area contributed by atoms with E-state index in [0.717, 1.165) is 72.6 Å². The van der Waals surface area contributed by atoms with Crippen molar-refractivity contribution in [3.8, 4) is 33.4 Å². The Morgan fingerprint density at radius 3 is 1.69 bits per heavy atom. The maximum Gasteiger partial charge on any atom is 0.143 e. The standard InChI is InChI=1S/C52H36N2O/c1-2-12-38(13-3-1)44-16-6-8-21-49(44)53-41-30-24-36(25-31-41)37-26-32-42(33-27-37)54(50-22-10-15-39-14-4-5-17-45(39)50)43-34-28-40(29-35-43)46-19-11-20-48-47-18-7-9-23-51(47)55-52(46)48/h1-35,53H. The largest absolute Gasteiger partial charge is 0.455 e. The van der Waals surface area contributed by atoms with Crippen LogP contribution in [0.1, 0.15) is 0 Å². The molecule has 1 N–H and O–H groups in total. The quantitative estimate of drug-likeness (QED) is 0.171. The molecule has 0 fully saturated rings. The molecule has 1 aromatic heterocycles. The van der Waals surface area contributed by atoms with E-state index in [1.165, 1.54) is 21.9 Å². The first-order valence-electron chi connectivity index (χ1n) is 18.7. The van der Waals surface area contributed by atoms with E-state index in [2.05, 4.69) is 210 Å². The van der Waals surface area contributed by atoms with Crippen LogP contribution in [0, 0.1) is 0 Å². The third kappa shape index (κ3) is 6.08. The third-order valence-electron chi connectivity index (χ3n) is 10.5. The van der Waals surface area contributed by atoms with Gasteiger partial charge in [-0.1, -0.05) is 158 Å². The van der Waals surface area contributed by atoms with Gasteiger partial charge >= 0.3 is 0 Å². The molecule has 0 bridgehead atoms.